The molecule has 0 spiro atoms. The summed E-state index contributed by atoms with van der Waals surface area (Å²) in [5.74, 6) is 0. The van der Waals surface area contributed by atoms with Gasteiger partial charge < -0.3 is 4.90 Å². The van der Waals surface area contributed by atoms with E-state index in [9.17, 15) is 0 Å². The number of halogens is 2. The summed E-state index contributed by atoms with van der Waals surface area (Å²) >= 11 is 5.75. The lowest BCUT2D eigenvalue weighted by molar-refractivity contribution is 1.19. The SMILES string of the molecule is Brc1ccc([Si](c2ccccc2)(c2ccccc2)c2ccccc2)cc1.CI.[B][B]B(B([B])[B])B(B([B])[B])B([B])[B].c1ccc(-c2ccc3ccc(-c4ccc(Cc5ccc(-c6ccc7ccccc7c6)cc5)cc4)cc3c2)cc1.c1ccc(-c2ccc3ccc(-c4ccc(N(c5ccc(-c6ccc7ccccc7c6)cc5)c5ccc([Si](c6ccccc6)(c6ccccc6)c6ccccc6)cc5)cc4)cc3c2)cc1. The van der Waals surface area contributed by atoms with Crippen molar-refractivity contribution in [3.8, 4) is 66.8 Å². The van der Waals surface area contributed by atoms with E-state index in [1.165, 1.54) is 170 Å². The Kier molecular flexibility index (Phi) is 33.5. The Morgan fingerprint density at radius 1 is 0.215 bits per heavy atom. The molecule has 18 heteroatoms. The van der Waals surface area contributed by atoms with Gasteiger partial charge in [0, 0.05) is 115 Å². The highest BCUT2D eigenvalue weighted by Gasteiger charge is 2.43. The first kappa shape index (κ1) is 100. The molecular formula is C126H95B13BrINSi2. The second-order valence-corrected chi connectivity index (χ2v) is 44.8. The fourth-order valence-electron chi connectivity index (χ4n) is 20.1. The first-order chi connectivity index (χ1) is 70.7. The maximum Gasteiger partial charge on any atom is 0.179 e. The summed E-state index contributed by atoms with van der Waals surface area (Å²) in [7, 11) is 34.5. The molecule has 1 nitrogen and oxygen atoms in total. The van der Waals surface area contributed by atoms with Gasteiger partial charge >= 0.3 is 0 Å². The molecule has 0 aliphatic rings. The zero-order valence-electron chi connectivity index (χ0n) is 80.4. The van der Waals surface area contributed by atoms with E-state index < -0.39 is 41.7 Å². The van der Waals surface area contributed by atoms with Crippen LogP contribution in [0, 0.1) is 0 Å². The highest BCUT2D eigenvalue weighted by Crippen LogP contribution is 2.40. The van der Waals surface area contributed by atoms with E-state index in [-0.39, 0.29) is 6.39 Å². The lowest BCUT2D eigenvalue weighted by Crippen LogP contribution is -2.74. The van der Waals surface area contributed by atoms with Gasteiger partial charge in [-0.2, -0.15) is 0 Å². The van der Waals surface area contributed by atoms with Crippen LogP contribution in [0.4, 0.5) is 17.1 Å². The second-order valence-electron chi connectivity index (χ2n) is 36.2. The Balaban J connectivity index is 0.000000144. The zero-order chi connectivity index (χ0) is 99.1. The zero-order valence-corrected chi connectivity index (χ0v) is 86.1. The van der Waals surface area contributed by atoms with E-state index >= 15 is 0 Å². The Labute approximate surface area is 885 Å². The third-order valence-electron chi connectivity index (χ3n) is 27.4. The molecule has 0 fully saturated rings. The molecule has 22 aromatic carbocycles. The summed E-state index contributed by atoms with van der Waals surface area (Å²) in [6.07, 6.45) is -1.95. The van der Waals surface area contributed by atoms with Crippen LogP contribution in [-0.2, 0) is 6.42 Å². The Bertz CT molecular complexity index is 7730. The number of nitrogens with zero attached hydrogens (tertiary/aromatic N) is 1. The van der Waals surface area contributed by atoms with Crippen molar-refractivity contribution in [2.75, 3.05) is 9.83 Å². The van der Waals surface area contributed by atoms with Crippen molar-refractivity contribution in [2.24, 2.45) is 0 Å². The molecule has 665 valence electrons. The van der Waals surface area contributed by atoms with Crippen LogP contribution < -0.4 is 46.4 Å². The summed E-state index contributed by atoms with van der Waals surface area (Å²) in [6.45, 7) is 0. The summed E-state index contributed by atoms with van der Waals surface area (Å²) in [4.78, 5) is 4.36. The number of benzene rings is 22. The standard InChI is InChI=1S/C62H45NSi.C39H28.C24H19BrSi.CH3I.B13/c1-5-15-46(16-6-1)53-29-26-50-27-30-54(45-55(50)44-53)49-33-37-57(38-34-49)63(56-35-31-48(32-36-56)52-28-25-47-17-13-14-18-51(47)43-52)58-39-41-62(42-40-58)64(59-19-7-2-8-20-59,60-21-9-3-10-22-60)61-23-11-4-12-24-61;1-2-6-30(7-3-1)37-22-19-34-20-23-38(27-39(34)26-37)33-16-12-29(13-17-33)24-28-10-14-32(15-11-28)36-21-18-31-8-4-5-9-35(31)25-36;25-20-16-18-24(19-17-20)26(21-10-4-1-5-11-21,22-12-6-2-7-13-22)23-14-8-3-9-15-23;1-2;1-8-12(9(2)3)13(10(4)5)11(6)7/h1-45H;1-23,25-27H,24H2;1-19H;1H3;. The van der Waals surface area contributed by atoms with Crippen LogP contribution in [0.25, 0.3) is 110 Å². The van der Waals surface area contributed by atoms with Gasteiger partial charge in [-0.3, -0.25) is 0 Å². The molecule has 22 aromatic rings. The monoisotopic (exact) mass is 2030 g/mol. The third-order valence-corrected chi connectivity index (χ3v) is 37.5. The van der Waals surface area contributed by atoms with E-state index in [1.807, 2.05) is 4.93 Å². The van der Waals surface area contributed by atoms with Crippen molar-refractivity contribution in [2.45, 2.75) is 6.42 Å². The largest absolute Gasteiger partial charge is 0.311 e. The fourth-order valence-corrected chi connectivity index (χ4v) is 29.9. The number of rotatable bonds is 24. The van der Waals surface area contributed by atoms with Crippen LogP contribution in [-0.4, -0.2) is 114 Å². The van der Waals surface area contributed by atoms with Crippen molar-refractivity contribution >= 4 is 249 Å². The van der Waals surface area contributed by atoms with E-state index in [2.05, 4.69) is 589 Å². The molecule has 0 aliphatic carbocycles. The van der Waals surface area contributed by atoms with Gasteiger partial charge in [0.05, 0.1) is 0 Å². The molecule has 0 aromatic heterocycles. The lowest BCUT2D eigenvalue weighted by Gasteiger charge is -2.35. The second kappa shape index (κ2) is 48.0. The van der Waals surface area contributed by atoms with Crippen molar-refractivity contribution < 1.29 is 0 Å². The molecule has 0 unspecified atom stereocenters. The van der Waals surface area contributed by atoms with Crippen LogP contribution in [0.5, 0.6) is 0 Å². The number of hydrogen-bond acceptors (Lipinski definition) is 1. The molecule has 0 atom stereocenters. The van der Waals surface area contributed by atoms with Gasteiger partial charge in [-0.15, -0.1) is 0 Å². The van der Waals surface area contributed by atoms with Crippen LogP contribution in [0.3, 0.4) is 0 Å². The van der Waals surface area contributed by atoms with Gasteiger partial charge in [-0.05, 0) is 259 Å². The molecule has 0 aliphatic heterocycles. The summed E-state index contributed by atoms with van der Waals surface area (Å²) < 4.78 is 1.11. The normalized spacial score (nSPS) is 11.0. The summed E-state index contributed by atoms with van der Waals surface area (Å²) in [5.41, 5.74) is 20.7. The fraction of sp³-hybridized carbons (Fsp3) is 0.0159. The number of anilines is 3. The molecule has 0 saturated heterocycles. The van der Waals surface area contributed by atoms with Crippen molar-refractivity contribution in [1.82, 2.24) is 0 Å². The van der Waals surface area contributed by atoms with Crippen molar-refractivity contribution in [1.29, 1.82) is 0 Å². The maximum atomic E-state index is 5.48. The van der Waals surface area contributed by atoms with Crippen LogP contribution in [0.15, 0.2) is 550 Å². The first-order valence-corrected chi connectivity index (χ1v) is 55.7. The van der Waals surface area contributed by atoms with Gasteiger partial charge in [0.15, 0.2) is 16.1 Å². The van der Waals surface area contributed by atoms with Gasteiger partial charge in [0.1, 0.15) is 0 Å². The first-order valence-electron chi connectivity index (χ1n) is 48.7. The number of fused-ring (bicyclic) bond motifs is 4. The maximum absolute atomic E-state index is 5.48. The van der Waals surface area contributed by atoms with Crippen LogP contribution >= 0.6 is 38.5 Å². The predicted octanol–water partition coefficient (Wildman–Crippen LogP) is 24.4. The molecule has 22 rings (SSSR count). The Hall–Kier alpha value is -13.8. The van der Waals surface area contributed by atoms with Crippen molar-refractivity contribution in [3.05, 3.63) is 562 Å². The average molecular weight is 2030 g/mol. The predicted molar refractivity (Wildman–Crippen MR) is 656 cm³/mol. The quantitative estimate of drug-likeness (QED) is 0.0252. The summed E-state index contributed by atoms with van der Waals surface area (Å²) in [6, 6.07) is 200. The van der Waals surface area contributed by atoms with E-state index in [0.717, 1.165) is 28.0 Å². The van der Waals surface area contributed by atoms with Gasteiger partial charge in [0.25, 0.3) is 0 Å². The minimum Gasteiger partial charge on any atom is -0.311 e. The molecule has 0 bridgehead atoms. The molecule has 0 amide bonds. The van der Waals surface area contributed by atoms with E-state index in [1.54, 1.807) is 0 Å². The minimum absolute atomic E-state index is 0.389. The van der Waals surface area contributed by atoms with E-state index in [0.29, 0.717) is 0 Å². The minimum atomic E-state index is -2.69. The molecule has 0 N–H and O–H groups in total. The van der Waals surface area contributed by atoms with Gasteiger partial charge in [-0.25, -0.2) is 0 Å². The highest BCUT2D eigenvalue weighted by atomic mass is 127. The van der Waals surface area contributed by atoms with Gasteiger partial charge in [0.2, 0.25) is 0 Å². The van der Waals surface area contributed by atoms with E-state index in [4.69, 9.17) is 54.2 Å². The van der Waals surface area contributed by atoms with Crippen molar-refractivity contribution in [3.63, 3.8) is 0 Å². The number of hydrogen-bond donors (Lipinski definition) is 0. The summed E-state index contributed by atoms with van der Waals surface area (Å²) in [5, 5.41) is 21.1. The van der Waals surface area contributed by atoms with Crippen LogP contribution in [0.2, 0.25) is 0 Å². The third kappa shape index (κ3) is 23.0. The lowest BCUT2D eigenvalue weighted by atomic mass is 8.50. The highest BCUT2D eigenvalue weighted by molar-refractivity contribution is 14.1. The number of alkyl halides is 1. The Morgan fingerprint density at radius 2 is 0.417 bits per heavy atom. The smallest absolute Gasteiger partial charge is 0.179 e. The van der Waals surface area contributed by atoms with Gasteiger partial charge in [-0.1, -0.05) is 500 Å². The topological polar surface area (TPSA) is 3.24 Å². The molecule has 15 radical (unpaired) electrons. The molecular weight excluding hydrogens is 1930 g/mol. The molecule has 144 heavy (non-hydrogen) atoms. The average Bonchev–Trinajstić information content (AvgIpc) is 0.735. The molecule has 0 saturated carbocycles. The van der Waals surface area contributed by atoms with Crippen LogP contribution in [0.1, 0.15) is 11.1 Å². The Morgan fingerprint density at radius 3 is 0.667 bits per heavy atom. The molecule has 0 heterocycles.